The third-order valence-corrected chi connectivity index (χ3v) is 12.5. The van der Waals surface area contributed by atoms with Crippen molar-refractivity contribution in [2.75, 3.05) is 0 Å². The summed E-state index contributed by atoms with van der Waals surface area (Å²) in [4.78, 5) is 10.3. The van der Waals surface area contributed by atoms with Crippen LogP contribution in [0, 0.1) is 19.0 Å². The van der Waals surface area contributed by atoms with Gasteiger partial charge in [-0.15, -0.1) is 29.8 Å². The number of benzene rings is 5. The van der Waals surface area contributed by atoms with Gasteiger partial charge in [0.05, 0.1) is 23.4 Å². The van der Waals surface area contributed by atoms with Crippen molar-refractivity contribution in [1.82, 2.24) is 18.9 Å². The van der Waals surface area contributed by atoms with Crippen molar-refractivity contribution >= 4 is 27.3 Å². The molecule has 1 atom stereocenters. The van der Waals surface area contributed by atoms with Crippen molar-refractivity contribution in [2.24, 2.45) is 0 Å². The summed E-state index contributed by atoms with van der Waals surface area (Å²) in [5.74, 6) is 1.73. The average Bonchev–Trinajstić information content (AvgIpc) is 3.84. The zero-order valence-electron chi connectivity index (χ0n) is 35.1. The fourth-order valence-corrected chi connectivity index (χ4v) is 9.37. The van der Waals surface area contributed by atoms with E-state index in [0.29, 0.717) is 28.9 Å². The number of aromatic nitrogens is 4. The molecular weight excluding hydrogens is 856 g/mol. The topological polar surface area (TPSA) is 44.3 Å². The Labute approximate surface area is 341 Å². The minimum atomic E-state index is -2.33. The normalized spacial score (nSPS) is 17.7. The van der Waals surface area contributed by atoms with Gasteiger partial charge in [0, 0.05) is 48.9 Å². The number of imidazole rings is 2. The van der Waals surface area contributed by atoms with E-state index < -0.39 is 6.85 Å². The summed E-state index contributed by atoms with van der Waals surface area (Å²) in [6.45, 7) is 13.5. The van der Waals surface area contributed by atoms with Crippen LogP contribution >= 0.6 is 0 Å². The maximum Gasteiger partial charge on any atom is 2.00 e. The molecule has 0 fully saturated rings. The Kier molecular flexibility index (Phi) is 7.34. The predicted octanol–water partition coefficient (Wildman–Crippen LogP) is 12.2. The van der Waals surface area contributed by atoms with Crippen molar-refractivity contribution in [1.29, 1.82) is 0 Å². The van der Waals surface area contributed by atoms with Crippen molar-refractivity contribution in [2.45, 2.75) is 84.4 Å². The number of fused-ring (bicyclic) bond motifs is 5. The van der Waals surface area contributed by atoms with Crippen molar-refractivity contribution in [3.05, 3.63) is 143 Å². The number of nitrogens with zero attached hydrogens (tertiary/aromatic N) is 4. The molecule has 0 radical (unpaired) electrons. The average molecular weight is 903 g/mol. The number of para-hydroxylation sites is 1. The van der Waals surface area contributed by atoms with Gasteiger partial charge in [0.25, 0.3) is 0 Å². The van der Waals surface area contributed by atoms with E-state index in [4.69, 9.17) is 18.8 Å². The van der Waals surface area contributed by atoms with Gasteiger partial charge in [-0.2, -0.15) is 0 Å². The van der Waals surface area contributed by atoms with Gasteiger partial charge in [-0.1, -0.05) is 138 Å². The third-order valence-electron chi connectivity index (χ3n) is 12.5. The second-order valence-corrected chi connectivity index (χ2v) is 16.5. The van der Waals surface area contributed by atoms with Crippen LogP contribution < -0.4 is 4.74 Å². The summed E-state index contributed by atoms with van der Waals surface area (Å²) in [5, 5.41) is 2.23. The van der Waals surface area contributed by atoms with Crippen LogP contribution in [0.1, 0.15) is 97.9 Å². The summed E-state index contributed by atoms with van der Waals surface area (Å²) in [5.41, 5.74) is 12.3. The second-order valence-electron chi connectivity index (χ2n) is 16.5. The van der Waals surface area contributed by atoms with Gasteiger partial charge in [-0.25, -0.2) is 0 Å². The molecule has 8 aromatic rings. The van der Waals surface area contributed by atoms with Gasteiger partial charge in [0.2, 0.25) is 0 Å². The number of ether oxygens (including phenoxy) is 1. The van der Waals surface area contributed by atoms with Crippen molar-refractivity contribution in [3.8, 4) is 39.7 Å². The molecule has 55 heavy (non-hydrogen) atoms. The molecule has 0 saturated heterocycles. The van der Waals surface area contributed by atoms with Gasteiger partial charge in [0.1, 0.15) is 0 Å². The van der Waals surface area contributed by atoms with Gasteiger partial charge >= 0.3 is 21.1 Å². The SMILES string of the molecule is [2H]C([2H])([2H])c1ccc2c3c1c1ccc(Oc4[c-]c(-c5cn(-c6c(C(C)C)cccc6C(C)C)cn5)ccc4)[c-]c1c1nc4c(n13)C(C)(Cc1ccccc1-4)C2(C)C.[Pt+2]. The molecule has 10 rings (SSSR count). The minimum Gasteiger partial charge on any atom is -0.497 e. The van der Waals surface area contributed by atoms with E-state index >= 15 is 0 Å². The first kappa shape index (κ1) is 32.3. The Balaban J connectivity index is 0.00000436. The fraction of sp³-hybridized carbons (Fsp3) is 0.265. The van der Waals surface area contributed by atoms with Crippen LogP contribution in [0.4, 0.5) is 0 Å². The monoisotopic (exact) mass is 902 g/mol. The van der Waals surface area contributed by atoms with E-state index in [9.17, 15) is 0 Å². The Morgan fingerprint density at radius 1 is 0.836 bits per heavy atom. The summed E-state index contributed by atoms with van der Waals surface area (Å²) >= 11 is 0. The zero-order chi connectivity index (χ0) is 39.8. The molecule has 4 heterocycles. The Bertz CT molecular complexity index is 2950. The molecule has 1 aliphatic carbocycles. The number of rotatable bonds is 6. The van der Waals surface area contributed by atoms with Crippen LogP contribution in [-0.4, -0.2) is 18.9 Å². The predicted molar refractivity (Wildman–Crippen MR) is 219 cm³/mol. The molecule has 0 spiro atoms. The smallest absolute Gasteiger partial charge is 0.497 e. The Morgan fingerprint density at radius 3 is 2.35 bits per heavy atom. The van der Waals surface area contributed by atoms with Crippen LogP contribution in [0.15, 0.2) is 97.5 Å². The fourth-order valence-electron chi connectivity index (χ4n) is 9.37. The Morgan fingerprint density at radius 2 is 1.58 bits per heavy atom. The van der Waals surface area contributed by atoms with Crippen LogP contribution in [-0.2, 0) is 38.3 Å². The van der Waals surface area contributed by atoms with Crippen LogP contribution in [0.5, 0.6) is 11.5 Å². The molecule has 2 aliphatic rings. The molecule has 1 unspecified atom stereocenters. The van der Waals surface area contributed by atoms with E-state index in [0.717, 1.165) is 67.5 Å². The van der Waals surface area contributed by atoms with E-state index in [-0.39, 0.29) is 31.9 Å². The van der Waals surface area contributed by atoms with E-state index in [2.05, 4.69) is 118 Å². The number of hydrogen-bond donors (Lipinski definition) is 0. The first-order valence-electron chi connectivity index (χ1n) is 20.5. The number of hydrogen-bond acceptors (Lipinski definition) is 3. The van der Waals surface area contributed by atoms with E-state index in [1.54, 1.807) is 0 Å². The van der Waals surface area contributed by atoms with Gasteiger partial charge in [-0.05, 0) is 58.9 Å². The zero-order valence-corrected chi connectivity index (χ0v) is 34.4. The first-order valence-corrected chi connectivity index (χ1v) is 19.0. The van der Waals surface area contributed by atoms with E-state index in [1.807, 2.05) is 48.8 Å². The summed E-state index contributed by atoms with van der Waals surface area (Å²) in [7, 11) is 0. The maximum atomic E-state index is 8.66. The molecule has 0 bridgehead atoms. The molecule has 276 valence electrons. The summed E-state index contributed by atoms with van der Waals surface area (Å²) < 4.78 is 36.9. The first-order chi connectivity index (χ1) is 27.2. The molecule has 5 aromatic carbocycles. The van der Waals surface area contributed by atoms with Crippen molar-refractivity contribution in [3.63, 3.8) is 0 Å². The molecule has 0 N–H and O–H groups in total. The van der Waals surface area contributed by atoms with Crippen LogP contribution in [0.25, 0.3) is 55.5 Å². The van der Waals surface area contributed by atoms with Gasteiger partial charge in [-0.3, -0.25) is 9.97 Å². The van der Waals surface area contributed by atoms with E-state index in [1.165, 1.54) is 22.4 Å². The van der Waals surface area contributed by atoms with Gasteiger partial charge in [0.15, 0.2) is 0 Å². The van der Waals surface area contributed by atoms with Crippen LogP contribution in [0.2, 0.25) is 0 Å². The quantitative estimate of drug-likeness (QED) is 0.123. The summed E-state index contributed by atoms with van der Waals surface area (Å²) in [6, 6.07) is 35.7. The number of pyridine rings is 1. The second kappa shape index (κ2) is 12.5. The Hall–Kier alpha value is -4.99. The van der Waals surface area contributed by atoms with Crippen molar-refractivity contribution < 1.29 is 29.9 Å². The minimum absolute atomic E-state index is 0. The molecule has 1 aliphatic heterocycles. The van der Waals surface area contributed by atoms with Crippen LogP contribution in [0.3, 0.4) is 0 Å². The molecule has 6 heteroatoms. The standard InChI is InChI=1S/C49H44N4O.Pt/c1-28(2)35-17-12-18-36(29(3)4)44(35)52-26-41(50-27-52)31-14-11-15-33(23-31)54-34-20-21-38-39(24-34)47-51-43-37-16-10-9-13-32(37)25-49(8)46(43)53(47)45-40(48(49,6)7)22-19-30(5)42(38)45;/h9-22,26-29H,25H2,1-8H3;/q-2;+2/i5D3;. The summed E-state index contributed by atoms with van der Waals surface area (Å²) in [6.07, 6.45) is 4.80. The largest absolute Gasteiger partial charge is 2.00 e. The molecule has 3 aromatic heterocycles. The molecule has 0 amide bonds. The molecule has 0 saturated carbocycles. The number of aryl methyl sites for hydroxylation is 1. The third kappa shape index (κ3) is 5.01. The van der Waals surface area contributed by atoms with Gasteiger partial charge < -0.3 is 13.7 Å². The molecule has 5 nitrogen and oxygen atoms in total. The maximum absolute atomic E-state index is 8.66. The molecular formula is C49H44N4OPt.